The van der Waals surface area contributed by atoms with E-state index in [4.69, 9.17) is 0 Å². The molecule has 94 valence electrons. The Hall–Kier alpha value is -0.620. The topological polar surface area (TPSA) is 75.3 Å². The summed E-state index contributed by atoms with van der Waals surface area (Å²) in [6, 6.07) is 0.299. The van der Waals surface area contributed by atoms with E-state index in [2.05, 4.69) is 10.6 Å². The predicted molar refractivity (Wildman–Crippen MR) is 63.0 cm³/mol. The molecule has 0 saturated carbocycles. The largest absolute Gasteiger partial charge is 0.358 e. The number of hydrogen-bond donors (Lipinski definition) is 2. The van der Waals surface area contributed by atoms with Gasteiger partial charge < -0.3 is 10.6 Å². The average molecular weight is 248 g/mol. The van der Waals surface area contributed by atoms with E-state index >= 15 is 0 Å². The normalized spacial score (nSPS) is 21.7. The van der Waals surface area contributed by atoms with Crippen LogP contribution in [-0.4, -0.2) is 45.5 Å². The number of hydrogen-bond acceptors (Lipinski definition) is 4. The number of carbonyl (C=O) groups is 1. The number of sulfone groups is 1. The van der Waals surface area contributed by atoms with Crippen molar-refractivity contribution in [3.8, 4) is 0 Å². The molecule has 0 radical (unpaired) electrons. The third-order valence-corrected chi connectivity index (χ3v) is 4.38. The summed E-state index contributed by atoms with van der Waals surface area (Å²) in [5.41, 5.74) is 0. The first-order chi connectivity index (χ1) is 7.53. The highest BCUT2D eigenvalue weighted by Gasteiger charge is 2.19. The van der Waals surface area contributed by atoms with Crippen LogP contribution in [0.1, 0.15) is 25.7 Å². The smallest absolute Gasteiger partial charge is 0.234 e. The second-order valence-electron chi connectivity index (χ2n) is 4.20. The van der Waals surface area contributed by atoms with E-state index in [-0.39, 0.29) is 5.75 Å². The van der Waals surface area contributed by atoms with Crippen molar-refractivity contribution in [2.75, 3.05) is 25.1 Å². The summed E-state index contributed by atoms with van der Waals surface area (Å²) >= 11 is 0. The van der Waals surface area contributed by atoms with E-state index in [1.54, 1.807) is 0 Å². The van der Waals surface area contributed by atoms with Gasteiger partial charge in [0.2, 0.25) is 5.91 Å². The Morgan fingerprint density at radius 1 is 1.44 bits per heavy atom. The molecule has 0 aliphatic carbocycles. The number of piperidine rings is 1. The summed E-state index contributed by atoms with van der Waals surface area (Å²) in [5.74, 6) is -0.731. The number of rotatable bonds is 5. The summed E-state index contributed by atoms with van der Waals surface area (Å²) in [6.45, 7) is 0.972. The van der Waals surface area contributed by atoms with E-state index in [0.717, 1.165) is 19.4 Å². The van der Waals surface area contributed by atoms with Crippen molar-refractivity contribution < 1.29 is 13.2 Å². The lowest BCUT2D eigenvalue weighted by Gasteiger charge is -2.23. The molecule has 1 rings (SSSR count). The molecule has 6 heteroatoms. The molecule has 1 unspecified atom stereocenters. The van der Waals surface area contributed by atoms with Gasteiger partial charge in [0, 0.05) is 13.1 Å². The Morgan fingerprint density at radius 2 is 2.19 bits per heavy atom. The molecule has 1 heterocycles. The molecule has 0 spiro atoms. The summed E-state index contributed by atoms with van der Waals surface area (Å²) in [4.78, 5) is 11.0. The molecule has 1 aliphatic rings. The minimum atomic E-state index is -3.24. The fourth-order valence-corrected chi connectivity index (χ4v) is 3.17. The maximum atomic E-state index is 11.6. The van der Waals surface area contributed by atoms with Crippen molar-refractivity contribution in [1.29, 1.82) is 0 Å². The Labute approximate surface area is 96.9 Å². The molecular weight excluding hydrogens is 228 g/mol. The molecule has 1 amide bonds. The lowest BCUT2D eigenvalue weighted by atomic mass is 10.0. The molecule has 0 aromatic heterocycles. The van der Waals surface area contributed by atoms with Gasteiger partial charge in [0.25, 0.3) is 0 Å². The fourth-order valence-electron chi connectivity index (χ4n) is 1.84. The third kappa shape index (κ3) is 4.94. The minimum absolute atomic E-state index is 0.0953. The molecule has 0 aromatic rings. The standard InChI is InChI=1S/C10H20N2O3S/c1-11-10(13)8-16(14,15)7-5-9-4-2-3-6-12-9/h9,12H,2-8H2,1H3,(H,11,13). The van der Waals surface area contributed by atoms with Gasteiger partial charge in [-0.2, -0.15) is 0 Å². The van der Waals surface area contributed by atoms with Crippen LogP contribution >= 0.6 is 0 Å². The molecule has 0 aromatic carbocycles. The van der Waals surface area contributed by atoms with Crippen LogP contribution in [0.25, 0.3) is 0 Å². The fraction of sp³-hybridized carbons (Fsp3) is 0.900. The minimum Gasteiger partial charge on any atom is -0.358 e. The Bertz CT molecular complexity index is 321. The molecule has 5 nitrogen and oxygen atoms in total. The third-order valence-electron chi connectivity index (χ3n) is 2.82. The van der Waals surface area contributed by atoms with Gasteiger partial charge in [-0.25, -0.2) is 8.42 Å². The molecule has 0 bridgehead atoms. The zero-order valence-corrected chi connectivity index (χ0v) is 10.5. The van der Waals surface area contributed by atoms with E-state index in [9.17, 15) is 13.2 Å². The zero-order valence-electron chi connectivity index (χ0n) is 9.66. The van der Waals surface area contributed by atoms with E-state index in [0.29, 0.717) is 12.5 Å². The highest BCUT2D eigenvalue weighted by molar-refractivity contribution is 7.92. The van der Waals surface area contributed by atoms with Gasteiger partial charge in [-0.3, -0.25) is 4.79 Å². The first kappa shape index (κ1) is 13.4. The zero-order chi connectivity index (χ0) is 12.0. The van der Waals surface area contributed by atoms with Crippen LogP contribution in [0.3, 0.4) is 0 Å². The van der Waals surface area contributed by atoms with Crippen molar-refractivity contribution in [1.82, 2.24) is 10.6 Å². The molecule has 1 atom stereocenters. The van der Waals surface area contributed by atoms with Gasteiger partial charge in [-0.05, 0) is 25.8 Å². The van der Waals surface area contributed by atoms with Crippen molar-refractivity contribution in [3.05, 3.63) is 0 Å². The van der Waals surface area contributed by atoms with Crippen molar-refractivity contribution in [2.24, 2.45) is 0 Å². The summed E-state index contributed by atoms with van der Waals surface area (Å²) in [5, 5.41) is 5.62. The Kier molecular flexibility index (Phi) is 5.21. The van der Waals surface area contributed by atoms with Crippen molar-refractivity contribution in [2.45, 2.75) is 31.7 Å². The van der Waals surface area contributed by atoms with Crippen LogP contribution in [0.5, 0.6) is 0 Å². The lowest BCUT2D eigenvalue weighted by Crippen LogP contribution is -2.36. The van der Waals surface area contributed by atoms with Crippen LogP contribution in [-0.2, 0) is 14.6 Å². The second kappa shape index (κ2) is 6.20. The van der Waals surface area contributed by atoms with Gasteiger partial charge in [0.1, 0.15) is 5.75 Å². The van der Waals surface area contributed by atoms with Gasteiger partial charge in [-0.15, -0.1) is 0 Å². The first-order valence-electron chi connectivity index (χ1n) is 5.68. The van der Waals surface area contributed by atoms with E-state index < -0.39 is 21.5 Å². The molecule has 1 fully saturated rings. The van der Waals surface area contributed by atoms with Crippen LogP contribution in [0.4, 0.5) is 0 Å². The SMILES string of the molecule is CNC(=O)CS(=O)(=O)CCC1CCCCN1. The van der Waals surface area contributed by atoms with Crippen LogP contribution in [0, 0.1) is 0 Å². The highest BCUT2D eigenvalue weighted by atomic mass is 32.2. The number of nitrogens with one attached hydrogen (secondary N) is 2. The van der Waals surface area contributed by atoms with Gasteiger partial charge >= 0.3 is 0 Å². The Morgan fingerprint density at radius 3 is 2.75 bits per heavy atom. The summed E-state index contributed by atoms with van der Waals surface area (Å²) < 4.78 is 23.1. The molecule has 2 N–H and O–H groups in total. The molecule has 16 heavy (non-hydrogen) atoms. The number of amides is 1. The molecule has 1 aliphatic heterocycles. The number of carbonyl (C=O) groups excluding carboxylic acids is 1. The first-order valence-corrected chi connectivity index (χ1v) is 7.50. The molecular formula is C10H20N2O3S. The summed E-state index contributed by atoms with van der Waals surface area (Å²) in [6.07, 6.45) is 3.98. The summed E-state index contributed by atoms with van der Waals surface area (Å²) in [7, 11) is -1.80. The van der Waals surface area contributed by atoms with E-state index in [1.165, 1.54) is 13.5 Å². The lowest BCUT2D eigenvalue weighted by molar-refractivity contribution is -0.118. The average Bonchev–Trinajstić information content (AvgIpc) is 2.27. The van der Waals surface area contributed by atoms with Crippen LogP contribution in [0.15, 0.2) is 0 Å². The van der Waals surface area contributed by atoms with Gasteiger partial charge in [0.05, 0.1) is 5.75 Å². The van der Waals surface area contributed by atoms with Crippen molar-refractivity contribution in [3.63, 3.8) is 0 Å². The maximum absolute atomic E-state index is 11.6. The second-order valence-corrected chi connectivity index (χ2v) is 6.38. The molecule has 1 saturated heterocycles. The maximum Gasteiger partial charge on any atom is 0.234 e. The van der Waals surface area contributed by atoms with E-state index in [1.807, 2.05) is 0 Å². The predicted octanol–water partition coefficient (Wildman–Crippen LogP) is -0.321. The highest BCUT2D eigenvalue weighted by Crippen LogP contribution is 2.11. The Balaban J connectivity index is 2.32. The van der Waals surface area contributed by atoms with Crippen LogP contribution in [0.2, 0.25) is 0 Å². The van der Waals surface area contributed by atoms with Crippen LogP contribution < -0.4 is 10.6 Å². The quantitative estimate of drug-likeness (QED) is 0.699. The van der Waals surface area contributed by atoms with Gasteiger partial charge in [0.15, 0.2) is 9.84 Å². The van der Waals surface area contributed by atoms with Gasteiger partial charge in [-0.1, -0.05) is 6.42 Å². The monoisotopic (exact) mass is 248 g/mol. The van der Waals surface area contributed by atoms with Crippen molar-refractivity contribution >= 4 is 15.7 Å².